The summed E-state index contributed by atoms with van der Waals surface area (Å²) in [6.07, 6.45) is -2.53. The SMILES string of the molecule is N#Cc1ccc([C@@H]2O[C@H](COCc3ccccc3)[C@@H](OCc3ccccc3)[C@H](OCc3ccccc3)[C@H]2OCc2ccccc2)cc1. The number of rotatable bonds is 14. The zero-order chi connectivity index (χ0) is 32.1. The van der Waals surface area contributed by atoms with Crippen LogP contribution in [0.4, 0.5) is 0 Å². The third kappa shape index (κ3) is 9.02. The second kappa shape index (κ2) is 16.8. The summed E-state index contributed by atoms with van der Waals surface area (Å²) < 4.78 is 33.5. The number of nitrogens with zero attached hydrogens (tertiary/aromatic N) is 1. The van der Waals surface area contributed by atoms with Crippen LogP contribution in [0.5, 0.6) is 0 Å². The average Bonchev–Trinajstić information content (AvgIpc) is 3.14. The zero-order valence-corrected chi connectivity index (χ0v) is 26.3. The summed E-state index contributed by atoms with van der Waals surface area (Å²) in [5.41, 5.74) is 5.70. The second-order valence-corrected chi connectivity index (χ2v) is 11.6. The van der Waals surface area contributed by atoms with Crippen LogP contribution in [-0.2, 0) is 50.1 Å². The van der Waals surface area contributed by atoms with Crippen molar-refractivity contribution in [2.45, 2.75) is 56.9 Å². The van der Waals surface area contributed by atoms with Crippen molar-refractivity contribution in [1.29, 1.82) is 5.26 Å². The minimum Gasteiger partial charge on any atom is -0.374 e. The van der Waals surface area contributed by atoms with Crippen molar-refractivity contribution >= 4 is 0 Å². The first kappa shape index (κ1) is 32.3. The maximum Gasteiger partial charge on any atom is 0.117 e. The summed E-state index contributed by atoms with van der Waals surface area (Å²) in [6.45, 7) is 1.85. The standard InChI is InChI=1S/C41H39NO5/c42-25-31-21-23-36(24-22-31)38-40(45-28-34-17-9-3-10-18-34)41(46-29-35-19-11-4-12-20-35)39(44-27-33-15-7-2-8-16-33)37(47-38)30-43-26-32-13-5-1-6-14-32/h1-24,37-41H,26-30H2/t37-,38+,39-,40+,41+/m1/s1. The number of nitriles is 1. The Bertz CT molecular complexity index is 1660. The molecular formula is C41H39NO5. The molecule has 1 heterocycles. The zero-order valence-electron chi connectivity index (χ0n) is 26.3. The summed E-state index contributed by atoms with van der Waals surface area (Å²) in [7, 11) is 0. The minimum absolute atomic E-state index is 0.289. The van der Waals surface area contributed by atoms with Crippen molar-refractivity contribution in [1.82, 2.24) is 0 Å². The number of ether oxygens (including phenoxy) is 5. The van der Waals surface area contributed by atoms with Gasteiger partial charge in [-0.25, -0.2) is 0 Å². The van der Waals surface area contributed by atoms with E-state index < -0.39 is 30.5 Å². The first-order chi connectivity index (χ1) is 23.3. The molecule has 6 heteroatoms. The predicted molar refractivity (Wildman–Crippen MR) is 180 cm³/mol. The lowest BCUT2D eigenvalue weighted by Crippen LogP contribution is -2.58. The molecule has 0 N–H and O–H groups in total. The molecule has 5 aromatic carbocycles. The van der Waals surface area contributed by atoms with Crippen LogP contribution in [0.3, 0.4) is 0 Å². The van der Waals surface area contributed by atoms with Crippen molar-refractivity contribution in [2.75, 3.05) is 6.61 Å². The smallest absolute Gasteiger partial charge is 0.117 e. The van der Waals surface area contributed by atoms with E-state index in [1.807, 2.05) is 133 Å². The van der Waals surface area contributed by atoms with Gasteiger partial charge >= 0.3 is 0 Å². The molecule has 0 bridgehead atoms. The molecule has 0 aromatic heterocycles. The molecule has 5 aromatic rings. The van der Waals surface area contributed by atoms with Crippen molar-refractivity contribution in [3.63, 3.8) is 0 Å². The van der Waals surface area contributed by atoms with E-state index in [4.69, 9.17) is 23.7 Å². The highest BCUT2D eigenvalue weighted by atomic mass is 16.6. The normalized spacial score (nSPS) is 20.8. The van der Waals surface area contributed by atoms with Gasteiger partial charge in [-0.15, -0.1) is 0 Å². The lowest BCUT2D eigenvalue weighted by Gasteiger charge is -2.46. The molecule has 6 rings (SSSR count). The first-order valence-corrected chi connectivity index (χ1v) is 16.0. The van der Waals surface area contributed by atoms with Gasteiger partial charge in [0.05, 0.1) is 44.7 Å². The molecule has 0 radical (unpaired) electrons. The molecule has 0 aliphatic carbocycles. The predicted octanol–water partition coefficient (Wildman–Crippen LogP) is 7.97. The molecule has 0 saturated carbocycles. The third-order valence-electron chi connectivity index (χ3n) is 8.25. The first-order valence-electron chi connectivity index (χ1n) is 16.0. The molecule has 1 aliphatic rings. The van der Waals surface area contributed by atoms with E-state index in [1.165, 1.54) is 0 Å². The molecule has 1 aliphatic heterocycles. The highest BCUT2D eigenvalue weighted by Crippen LogP contribution is 2.38. The lowest BCUT2D eigenvalue weighted by atomic mass is 9.90. The van der Waals surface area contributed by atoms with Crippen LogP contribution in [0.25, 0.3) is 0 Å². The van der Waals surface area contributed by atoms with Crippen LogP contribution in [0.1, 0.15) is 39.5 Å². The van der Waals surface area contributed by atoms with Crippen molar-refractivity contribution in [3.05, 3.63) is 179 Å². The number of benzene rings is 5. The monoisotopic (exact) mass is 625 g/mol. The van der Waals surface area contributed by atoms with Gasteiger partial charge < -0.3 is 23.7 Å². The topological polar surface area (TPSA) is 69.9 Å². The number of hydrogen-bond acceptors (Lipinski definition) is 6. The summed E-state index contributed by atoms with van der Waals surface area (Å²) in [5, 5.41) is 9.48. The maximum atomic E-state index is 9.48. The van der Waals surface area contributed by atoms with Crippen molar-refractivity contribution in [2.24, 2.45) is 0 Å². The van der Waals surface area contributed by atoms with E-state index in [0.717, 1.165) is 27.8 Å². The van der Waals surface area contributed by atoms with E-state index in [0.29, 0.717) is 32.0 Å². The highest BCUT2D eigenvalue weighted by Gasteiger charge is 2.49. The summed E-state index contributed by atoms with van der Waals surface area (Å²) in [6, 6.07) is 50.1. The summed E-state index contributed by atoms with van der Waals surface area (Å²) in [5.74, 6) is 0. The van der Waals surface area contributed by atoms with Crippen LogP contribution in [0.2, 0.25) is 0 Å². The molecule has 0 unspecified atom stereocenters. The fraction of sp³-hybridized carbons (Fsp3) is 0.244. The van der Waals surface area contributed by atoms with Gasteiger partial charge in [-0.3, -0.25) is 0 Å². The Morgan fingerprint density at radius 3 is 1.38 bits per heavy atom. The Hall–Kier alpha value is -4.61. The van der Waals surface area contributed by atoms with E-state index in [9.17, 15) is 5.26 Å². The van der Waals surface area contributed by atoms with Gasteiger partial charge in [-0.2, -0.15) is 5.26 Å². The van der Waals surface area contributed by atoms with E-state index in [-0.39, 0.29) is 6.61 Å². The Kier molecular flexibility index (Phi) is 11.6. The fourth-order valence-electron chi connectivity index (χ4n) is 5.80. The molecular weight excluding hydrogens is 586 g/mol. The van der Waals surface area contributed by atoms with Crippen LogP contribution >= 0.6 is 0 Å². The Morgan fingerprint density at radius 2 is 0.915 bits per heavy atom. The van der Waals surface area contributed by atoms with Gasteiger partial charge in [-0.05, 0) is 39.9 Å². The van der Waals surface area contributed by atoms with E-state index in [1.54, 1.807) is 0 Å². The number of hydrogen-bond donors (Lipinski definition) is 0. The second-order valence-electron chi connectivity index (χ2n) is 11.6. The van der Waals surface area contributed by atoms with E-state index >= 15 is 0 Å². The largest absolute Gasteiger partial charge is 0.374 e. The summed E-state index contributed by atoms with van der Waals surface area (Å²) >= 11 is 0. The molecule has 0 amide bonds. The van der Waals surface area contributed by atoms with Gasteiger partial charge in [0.15, 0.2) is 0 Å². The molecule has 1 fully saturated rings. The molecule has 6 nitrogen and oxygen atoms in total. The van der Waals surface area contributed by atoms with Crippen LogP contribution < -0.4 is 0 Å². The van der Waals surface area contributed by atoms with Gasteiger partial charge in [0.25, 0.3) is 0 Å². The molecule has 47 heavy (non-hydrogen) atoms. The molecule has 238 valence electrons. The minimum atomic E-state index is -0.530. The Labute approximate surface area is 277 Å². The highest BCUT2D eigenvalue weighted by molar-refractivity contribution is 5.33. The quantitative estimate of drug-likeness (QED) is 0.125. The average molecular weight is 626 g/mol. The van der Waals surface area contributed by atoms with Crippen LogP contribution in [0.15, 0.2) is 146 Å². The van der Waals surface area contributed by atoms with Gasteiger partial charge in [0, 0.05) is 0 Å². The lowest BCUT2D eigenvalue weighted by molar-refractivity contribution is -0.275. The fourth-order valence-corrected chi connectivity index (χ4v) is 5.80. The third-order valence-corrected chi connectivity index (χ3v) is 8.25. The van der Waals surface area contributed by atoms with Crippen molar-refractivity contribution < 1.29 is 23.7 Å². The van der Waals surface area contributed by atoms with Crippen LogP contribution in [-0.4, -0.2) is 31.0 Å². The Morgan fingerprint density at radius 1 is 0.489 bits per heavy atom. The van der Waals surface area contributed by atoms with Crippen LogP contribution in [0, 0.1) is 11.3 Å². The molecule has 1 saturated heterocycles. The maximum absolute atomic E-state index is 9.48. The van der Waals surface area contributed by atoms with Gasteiger partial charge in [0.1, 0.15) is 30.5 Å². The van der Waals surface area contributed by atoms with Crippen molar-refractivity contribution in [3.8, 4) is 6.07 Å². The summed E-state index contributed by atoms with van der Waals surface area (Å²) in [4.78, 5) is 0. The molecule has 0 spiro atoms. The van der Waals surface area contributed by atoms with Gasteiger partial charge in [-0.1, -0.05) is 133 Å². The molecule has 5 atom stereocenters. The van der Waals surface area contributed by atoms with E-state index in [2.05, 4.69) is 18.2 Å². The Balaban J connectivity index is 1.34. The van der Waals surface area contributed by atoms with Gasteiger partial charge in [0.2, 0.25) is 0 Å².